The number of hydrogen-bond donors (Lipinski definition) is 0. The molecule has 1 atom stereocenters. The molecule has 5 heteroatoms. The molecular weight excluding hydrogens is 448 g/mol. The minimum atomic E-state index is 0.654. The Morgan fingerprint density at radius 2 is 1.56 bits per heavy atom. The summed E-state index contributed by atoms with van der Waals surface area (Å²) in [6.07, 6.45) is 11.3. The predicted octanol–water partition coefficient (Wildman–Crippen LogP) is 6.23. The van der Waals surface area contributed by atoms with Gasteiger partial charge in [-0.05, 0) is 107 Å². The first-order chi connectivity index (χ1) is 17.7. The van der Waals surface area contributed by atoms with Crippen LogP contribution in [0.5, 0.6) is 17.2 Å². The summed E-state index contributed by atoms with van der Waals surface area (Å²) in [5.74, 6) is 2.58. The molecule has 0 saturated carbocycles. The standard InChI is InChI=1S/C31H48N2O3/c1-5-19-32(23-18-26-12-15-29(34-2)16-13-26)20-8-6-7-9-21-33-22-10-11-28(33)24-27-14-17-30(35-3)31(25-27)36-4/h12-17,25,28H,5-11,18-24H2,1-4H3. The third kappa shape index (κ3) is 9.01. The Balaban J connectivity index is 1.33. The number of likely N-dealkylation sites (tertiary alicyclic amines) is 1. The topological polar surface area (TPSA) is 34.2 Å². The smallest absolute Gasteiger partial charge is 0.160 e. The van der Waals surface area contributed by atoms with Crippen LogP contribution in [-0.4, -0.2) is 69.9 Å². The third-order valence-electron chi connectivity index (χ3n) is 7.50. The van der Waals surface area contributed by atoms with Crippen LogP contribution in [-0.2, 0) is 12.8 Å². The van der Waals surface area contributed by atoms with Crippen molar-refractivity contribution in [2.75, 3.05) is 54.1 Å². The number of unbranched alkanes of at least 4 members (excludes halogenated alkanes) is 3. The van der Waals surface area contributed by atoms with Gasteiger partial charge in [0.05, 0.1) is 21.3 Å². The molecule has 2 aromatic rings. The van der Waals surface area contributed by atoms with Gasteiger partial charge in [0.2, 0.25) is 0 Å². The van der Waals surface area contributed by atoms with Gasteiger partial charge >= 0.3 is 0 Å². The highest BCUT2D eigenvalue weighted by molar-refractivity contribution is 5.43. The fraction of sp³-hybridized carbons (Fsp3) is 0.613. The summed E-state index contributed by atoms with van der Waals surface area (Å²) in [7, 11) is 5.13. The highest BCUT2D eigenvalue weighted by Gasteiger charge is 2.24. The Bertz CT molecular complexity index is 871. The second-order valence-corrected chi connectivity index (χ2v) is 10.1. The molecule has 0 N–H and O–H groups in total. The van der Waals surface area contributed by atoms with E-state index in [0.717, 1.165) is 36.6 Å². The first-order valence-electron chi connectivity index (χ1n) is 14.0. The molecule has 0 radical (unpaired) electrons. The van der Waals surface area contributed by atoms with Crippen LogP contribution < -0.4 is 14.2 Å². The third-order valence-corrected chi connectivity index (χ3v) is 7.50. The molecule has 1 saturated heterocycles. The summed E-state index contributed by atoms with van der Waals surface area (Å²) < 4.78 is 16.2. The first kappa shape index (κ1) is 28.3. The zero-order chi connectivity index (χ0) is 25.6. The second-order valence-electron chi connectivity index (χ2n) is 10.1. The van der Waals surface area contributed by atoms with Crippen molar-refractivity contribution in [3.63, 3.8) is 0 Å². The Morgan fingerprint density at radius 3 is 2.28 bits per heavy atom. The molecule has 0 amide bonds. The van der Waals surface area contributed by atoms with Crippen LogP contribution in [0, 0.1) is 0 Å². The Kier molecular flexibility index (Phi) is 12.4. The van der Waals surface area contributed by atoms with Gasteiger partial charge in [-0.3, -0.25) is 0 Å². The normalized spacial score (nSPS) is 16.0. The van der Waals surface area contributed by atoms with E-state index in [0.29, 0.717) is 6.04 Å². The molecule has 0 aromatic heterocycles. The molecule has 0 aliphatic carbocycles. The molecule has 1 unspecified atom stereocenters. The molecule has 1 aliphatic heterocycles. The highest BCUT2D eigenvalue weighted by atomic mass is 16.5. The maximum Gasteiger partial charge on any atom is 0.160 e. The van der Waals surface area contributed by atoms with Crippen LogP contribution in [0.1, 0.15) is 63.0 Å². The van der Waals surface area contributed by atoms with Crippen molar-refractivity contribution in [3.05, 3.63) is 53.6 Å². The SMILES string of the molecule is CCCN(CCCCCCN1CCCC1Cc1ccc(OC)c(OC)c1)CCc1ccc(OC)cc1. The Morgan fingerprint density at radius 1 is 0.806 bits per heavy atom. The van der Waals surface area contributed by atoms with E-state index in [-0.39, 0.29) is 0 Å². The van der Waals surface area contributed by atoms with E-state index in [4.69, 9.17) is 14.2 Å². The number of hydrogen-bond acceptors (Lipinski definition) is 5. The van der Waals surface area contributed by atoms with Gasteiger partial charge in [0, 0.05) is 12.6 Å². The van der Waals surface area contributed by atoms with E-state index in [1.165, 1.54) is 82.3 Å². The number of benzene rings is 2. The lowest BCUT2D eigenvalue weighted by atomic mass is 10.0. The van der Waals surface area contributed by atoms with Gasteiger partial charge < -0.3 is 24.0 Å². The van der Waals surface area contributed by atoms with E-state index in [1.807, 2.05) is 6.07 Å². The van der Waals surface area contributed by atoms with Gasteiger partial charge in [0.1, 0.15) is 5.75 Å². The monoisotopic (exact) mass is 496 g/mol. The molecule has 1 heterocycles. The fourth-order valence-electron chi connectivity index (χ4n) is 5.44. The average Bonchev–Trinajstić information content (AvgIpc) is 3.35. The van der Waals surface area contributed by atoms with Crippen LogP contribution in [0.15, 0.2) is 42.5 Å². The van der Waals surface area contributed by atoms with Crippen LogP contribution in [0.3, 0.4) is 0 Å². The molecule has 1 fully saturated rings. The first-order valence-corrected chi connectivity index (χ1v) is 14.0. The summed E-state index contributed by atoms with van der Waals surface area (Å²) in [5.41, 5.74) is 2.74. The summed E-state index contributed by atoms with van der Waals surface area (Å²) in [5, 5.41) is 0. The van der Waals surface area contributed by atoms with Gasteiger partial charge in [0.15, 0.2) is 11.5 Å². The summed E-state index contributed by atoms with van der Waals surface area (Å²) in [6.45, 7) is 8.32. The number of nitrogens with zero attached hydrogens (tertiary/aromatic N) is 2. The Hall–Kier alpha value is -2.24. The van der Waals surface area contributed by atoms with Gasteiger partial charge in [0.25, 0.3) is 0 Å². The number of methoxy groups -OCH3 is 3. The summed E-state index contributed by atoms with van der Waals surface area (Å²) in [6, 6.07) is 15.5. The van der Waals surface area contributed by atoms with Crippen molar-refractivity contribution in [2.24, 2.45) is 0 Å². The van der Waals surface area contributed by atoms with E-state index < -0.39 is 0 Å². The van der Waals surface area contributed by atoms with Crippen LogP contribution in [0.4, 0.5) is 0 Å². The lowest BCUT2D eigenvalue weighted by molar-refractivity contribution is 0.242. The molecule has 5 nitrogen and oxygen atoms in total. The van der Waals surface area contributed by atoms with Crippen molar-refractivity contribution in [3.8, 4) is 17.2 Å². The van der Waals surface area contributed by atoms with Gasteiger partial charge in [-0.25, -0.2) is 0 Å². The lowest BCUT2D eigenvalue weighted by Gasteiger charge is -2.25. The molecule has 1 aliphatic rings. The van der Waals surface area contributed by atoms with E-state index in [9.17, 15) is 0 Å². The van der Waals surface area contributed by atoms with E-state index in [1.54, 1.807) is 21.3 Å². The summed E-state index contributed by atoms with van der Waals surface area (Å²) in [4.78, 5) is 5.36. The van der Waals surface area contributed by atoms with Crippen molar-refractivity contribution in [1.29, 1.82) is 0 Å². The minimum Gasteiger partial charge on any atom is -0.497 e. The molecule has 0 bridgehead atoms. The molecule has 0 spiro atoms. The molecule has 2 aromatic carbocycles. The number of ether oxygens (including phenoxy) is 3. The van der Waals surface area contributed by atoms with Gasteiger partial charge in [-0.2, -0.15) is 0 Å². The lowest BCUT2D eigenvalue weighted by Crippen LogP contribution is -2.32. The fourth-order valence-corrected chi connectivity index (χ4v) is 5.44. The van der Waals surface area contributed by atoms with Crippen LogP contribution in [0.2, 0.25) is 0 Å². The number of rotatable bonds is 17. The second kappa shape index (κ2) is 15.8. The van der Waals surface area contributed by atoms with E-state index in [2.05, 4.69) is 53.1 Å². The molecule has 36 heavy (non-hydrogen) atoms. The zero-order valence-electron chi connectivity index (χ0n) is 23.1. The van der Waals surface area contributed by atoms with Crippen molar-refractivity contribution < 1.29 is 14.2 Å². The molecule has 3 rings (SSSR count). The largest absolute Gasteiger partial charge is 0.497 e. The maximum absolute atomic E-state index is 5.50. The minimum absolute atomic E-state index is 0.654. The van der Waals surface area contributed by atoms with Gasteiger partial charge in [-0.1, -0.05) is 38.0 Å². The van der Waals surface area contributed by atoms with Crippen molar-refractivity contribution in [1.82, 2.24) is 9.80 Å². The van der Waals surface area contributed by atoms with Gasteiger partial charge in [-0.15, -0.1) is 0 Å². The Labute approximate surface area is 219 Å². The zero-order valence-corrected chi connectivity index (χ0v) is 23.1. The average molecular weight is 497 g/mol. The maximum atomic E-state index is 5.50. The van der Waals surface area contributed by atoms with Crippen molar-refractivity contribution >= 4 is 0 Å². The van der Waals surface area contributed by atoms with E-state index >= 15 is 0 Å². The van der Waals surface area contributed by atoms with Crippen molar-refractivity contribution in [2.45, 2.75) is 70.8 Å². The van der Waals surface area contributed by atoms with Crippen LogP contribution in [0.25, 0.3) is 0 Å². The summed E-state index contributed by atoms with van der Waals surface area (Å²) >= 11 is 0. The van der Waals surface area contributed by atoms with Crippen LogP contribution >= 0.6 is 0 Å². The molecular formula is C31H48N2O3. The predicted molar refractivity (Wildman–Crippen MR) is 150 cm³/mol. The highest BCUT2D eigenvalue weighted by Crippen LogP contribution is 2.30. The molecule has 200 valence electrons. The quantitative estimate of drug-likeness (QED) is 0.242.